The summed E-state index contributed by atoms with van der Waals surface area (Å²) >= 11 is 7.45. The van der Waals surface area contributed by atoms with E-state index in [1.807, 2.05) is 37.4 Å². The molecule has 0 spiro atoms. The van der Waals surface area contributed by atoms with Crippen molar-refractivity contribution in [1.29, 1.82) is 0 Å². The van der Waals surface area contributed by atoms with Gasteiger partial charge < -0.3 is 4.90 Å². The summed E-state index contributed by atoms with van der Waals surface area (Å²) in [5.41, 5.74) is 1.01. The predicted molar refractivity (Wildman–Crippen MR) is 87.4 cm³/mol. The van der Waals surface area contributed by atoms with Crippen LogP contribution in [0.25, 0.3) is 0 Å². The maximum absolute atomic E-state index is 12.1. The van der Waals surface area contributed by atoms with Crippen molar-refractivity contribution in [2.24, 2.45) is 0 Å². The number of hydrogen-bond acceptors (Lipinski definition) is 4. The first kappa shape index (κ1) is 14.5. The van der Waals surface area contributed by atoms with E-state index in [1.54, 1.807) is 16.3 Å². The molecule has 1 aromatic carbocycles. The Balaban J connectivity index is 1.80. The Morgan fingerprint density at radius 2 is 2.05 bits per heavy atom. The molecule has 0 fully saturated rings. The Labute approximate surface area is 132 Å². The number of nitrogens with zero attached hydrogens (tertiary/aromatic N) is 3. The van der Waals surface area contributed by atoms with Crippen LogP contribution in [0.3, 0.4) is 0 Å². The van der Waals surface area contributed by atoms with Crippen molar-refractivity contribution in [2.45, 2.75) is 23.7 Å². The summed E-state index contributed by atoms with van der Waals surface area (Å²) in [4.78, 5) is 18.4. The fourth-order valence-electron chi connectivity index (χ4n) is 2.39. The maximum atomic E-state index is 12.1. The SMILES string of the molecule is CN1CCCn2c1cc(SCc1ccc(Cl)cc1)nc2=O. The molecule has 2 aromatic rings. The van der Waals surface area contributed by atoms with Crippen molar-refractivity contribution >= 4 is 29.2 Å². The average molecular weight is 322 g/mol. The lowest BCUT2D eigenvalue weighted by atomic mass is 10.2. The fraction of sp³-hybridized carbons (Fsp3) is 0.333. The van der Waals surface area contributed by atoms with Crippen LogP contribution < -0.4 is 10.6 Å². The molecule has 0 unspecified atom stereocenters. The summed E-state index contributed by atoms with van der Waals surface area (Å²) in [6.45, 7) is 1.73. The molecule has 0 saturated carbocycles. The van der Waals surface area contributed by atoms with Crippen LogP contribution in [0.2, 0.25) is 5.02 Å². The standard InChI is InChI=1S/C15H16ClN3OS/c1-18-7-2-8-19-14(18)9-13(17-15(19)20)21-10-11-3-5-12(16)6-4-11/h3-6,9H,2,7-8,10H2,1H3. The number of aromatic nitrogens is 2. The van der Waals surface area contributed by atoms with E-state index in [1.165, 1.54) is 0 Å². The highest BCUT2D eigenvalue weighted by Gasteiger charge is 2.16. The van der Waals surface area contributed by atoms with Crippen LogP contribution in [0, 0.1) is 0 Å². The molecule has 0 atom stereocenters. The first-order chi connectivity index (χ1) is 10.1. The average Bonchev–Trinajstić information content (AvgIpc) is 2.48. The molecule has 6 heteroatoms. The van der Waals surface area contributed by atoms with Gasteiger partial charge in [-0.25, -0.2) is 4.79 Å². The number of benzene rings is 1. The minimum Gasteiger partial charge on any atom is -0.361 e. The highest BCUT2D eigenvalue weighted by Crippen LogP contribution is 2.25. The van der Waals surface area contributed by atoms with Crippen molar-refractivity contribution in [1.82, 2.24) is 9.55 Å². The van der Waals surface area contributed by atoms with Crippen LogP contribution in [0.1, 0.15) is 12.0 Å². The molecule has 2 heterocycles. The Morgan fingerprint density at radius 1 is 1.29 bits per heavy atom. The highest BCUT2D eigenvalue weighted by atomic mass is 35.5. The van der Waals surface area contributed by atoms with Gasteiger partial charge in [0.2, 0.25) is 0 Å². The van der Waals surface area contributed by atoms with Crippen LogP contribution in [-0.2, 0) is 12.3 Å². The lowest BCUT2D eigenvalue weighted by Crippen LogP contribution is -2.36. The van der Waals surface area contributed by atoms with E-state index >= 15 is 0 Å². The second-order valence-electron chi connectivity index (χ2n) is 5.08. The van der Waals surface area contributed by atoms with E-state index in [4.69, 9.17) is 11.6 Å². The van der Waals surface area contributed by atoms with Crippen molar-refractivity contribution in [2.75, 3.05) is 18.5 Å². The van der Waals surface area contributed by atoms with Crippen LogP contribution in [-0.4, -0.2) is 23.1 Å². The Bertz CT molecular complexity index is 699. The van der Waals surface area contributed by atoms with Crippen molar-refractivity contribution in [3.05, 3.63) is 51.4 Å². The third-order valence-corrected chi connectivity index (χ3v) is 4.77. The Kier molecular flexibility index (Phi) is 4.22. The lowest BCUT2D eigenvalue weighted by molar-refractivity contribution is 0.548. The van der Waals surface area contributed by atoms with Crippen molar-refractivity contribution in [3.8, 4) is 0 Å². The zero-order chi connectivity index (χ0) is 14.8. The summed E-state index contributed by atoms with van der Waals surface area (Å²) in [7, 11) is 2.01. The molecular formula is C15H16ClN3OS. The molecule has 0 saturated heterocycles. The van der Waals surface area contributed by atoms with Crippen LogP contribution in [0.4, 0.5) is 5.82 Å². The summed E-state index contributed by atoms with van der Waals surface area (Å²) in [6, 6.07) is 9.74. The van der Waals surface area contributed by atoms with Crippen LogP contribution >= 0.6 is 23.4 Å². The topological polar surface area (TPSA) is 38.1 Å². The number of hydrogen-bond donors (Lipinski definition) is 0. The van der Waals surface area contributed by atoms with Crippen LogP contribution in [0.5, 0.6) is 0 Å². The third-order valence-electron chi connectivity index (χ3n) is 3.53. The van der Waals surface area contributed by atoms with Crippen molar-refractivity contribution in [3.63, 3.8) is 0 Å². The van der Waals surface area contributed by atoms with E-state index in [0.717, 1.165) is 46.7 Å². The summed E-state index contributed by atoms with van der Waals surface area (Å²) in [6.07, 6.45) is 0.988. The number of halogens is 1. The summed E-state index contributed by atoms with van der Waals surface area (Å²) < 4.78 is 1.75. The molecule has 1 aromatic heterocycles. The van der Waals surface area contributed by atoms with Gasteiger partial charge in [-0.05, 0) is 24.1 Å². The molecule has 0 N–H and O–H groups in total. The van der Waals surface area contributed by atoms with Gasteiger partial charge in [0.05, 0.1) is 0 Å². The van der Waals surface area contributed by atoms with Gasteiger partial charge in [-0.1, -0.05) is 23.7 Å². The molecule has 3 rings (SSSR count). The molecule has 1 aliphatic rings. The lowest BCUT2D eigenvalue weighted by Gasteiger charge is -2.28. The van der Waals surface area contributed by atoms with Gasteiger partial charge in [0.15, 0.2) is 0 Å². The predicted octanol–water partition coefficient (Wildman–Crippen LogP) is 3.03. The smallest absolute Gasteiger partial charge is 0.350 e. The second-order valence-corrected chi connectivity index (χ2v) is 6.51. The van der Waals surface area contributed by atoms with E-state index in [9.17, 15) is 4.79 Å². The monoisotopic (exact) mass is 321 g/mol. The molecule has 0 bridgehead atoms. The number of fused-ring (bicyclic) bond motifs is 1. The first-order valence-corrected chi connectivity index (χ1v) is 8.20. The molecule has 0 amide bonds. The van der Waals surface area contributed by atoms with Gasteiger partial charge in [0.1, 0.15) is 10.8 Å². The molecule has 21 heavy (non-hydrogen) atoms. The summed E-state index contributed by atoms with van der Waals surface area (Å²) in [5.74, 6) is 1.73. The molecular weight excluding hydrogens is 306 g/mol. The molecule has 0 radical (unpaired) electrons. The summed E-state index contributed by atoms with van der Waals surface area (Å²) in [5, 5.41) is 1.51. The number of rotatable bonds is 3. The largest absolute Gasteiger partial charge is 0.361 e. The second kappa shape index (κ2) is 6.12. The highest BCUT2D eigenvalue weighted by molar-refractivity contribution is 7.98. The maximum Gasteiger partial charge on any atom is 0.350 e. The van der Waals surface area contributed by atoms with E-state index < -0.39 is 0 Å². The molecule has 4 nitrogen and oxygen atoms in total. The first-order valence-electron chi connectivity index (χ1n) is 6.84. The minimum absolute atomic E-state index is 0.155. The van der Waals surface area contributed by atoms with Gasteiger partial charge in [0.25, 0.3) is 0 Å². The normalized spacial score (nSPS) is 14.1. The van der Waals surface area contributed by atoms with Gasteiger partial charge >= 0.3 is 5.69 Å². The number of anilines is 1. The molecule has 1 aliphatic heterocycles. The minimum atomic E-state index is -0.155. The van der Waals surface area contributed by atoms with Gasteiger partial charge in [-0.15, -0.1) is 11.8 Å². The van der Waals surface area contributed by atoms with Gasteiger partial charge in [-0.2, -0.15) is 4.98 Å². The molecule has 110 valence electrons. The van der Waals surface area contributed by atoms with Gasteiger partial charge in [0, 0.05) is 37.0 Å². The quantitative estimate of drug-likeness (QED) is 0.643. The number of thioether (sulfide) groups is 1. The van der Waals surface area contributed by atoms with Crippen LogP contribution in [0.15, 0.2) is 40.2 Å². The van der Waals surface area contributed by atoms with E-state index in [2.05, 4.69) is 9.88 Å². The van der Waals surface area contributed by atoms with Crippen molar-refractivity contribution < 1.29 is 0 Å². The zero-order valence-electron chi connectivity index (χ0n) is 11.8. The van der Waals surface area contributed by atoms with E-state index in [-0.39, 0.29) is 5.69 Å². The fourth-order valence-corrected chi connectivity index (χ4v) is 3.36. The Hall–Kier alpha value is -1.46. The van der Waals surface area contributed by atoms with Gasteiger partial charge in [-0.3, -0.25) is 4.57 Å². The third kappa shape index (κ3) is 3.24. The Morgan fingerprint density at radius 3 is 2.81 bits per heavy atom. The molecule has 0 aliphatic carbocycles. The van der Waals surface area contributed by atoms with E-state index in [0.29, 0.717) is 0 Å². The zero-order valence-corrected chi connectivity index (χ0v) is 13.3.